The van der Waals surface area contributed by atoms with E-state index in [1.807, 2.05) is 25.1 Å². The first-order valence-electron chi connectivity index (χ1n) is 8.42. The molecule has 2 aromatic rings. The second-order valence-electron chi connectivity index (χ2n) is 6.52. The monoisotopic (exact) mass is 345 g/mol. The van der Waals surface area contributed by atoms with Crippen LogP contribution < -0.4 is 0 Å². The average Bonchev–Trinajstić information content (AvgIpc) is 2.57. The highest BCUT2D eigenvalue weighted by atomic mass is 35.5. The third kappa shape index (κ3) is 4.58. The van der Waals surface area contributed by atoms with Crippen LogP contribution in [0.25, 0.3) is 0 Å². The Morgan fingerprint density at radius 2 is 2.00 bits per heavy atom. The van der Waals surface area contributed by atoms with E-state index in [-0.39, 0.29) is 0 Å². The van der Waals surface area contributed by atoms with Crippen LogP contribution in [0.4, 0.5) is 0 Å². The summed E-state index contributed by atoms with van der Waals surface area (Å²) in [5.74, 6) is 0. The first-order chi connectivity index (χ1) is 11.6. The maximum absolute atomic E-state index is 10.2. The highest BCUT2D eigenvalue weighted by molar-refractivity contribution is 6.31. The number of ether oxygens (including phenoxy) is 1. The number of fused-ring (bicyclic) bond motifs is 1. The molecule has 0 fully saturated rings. The van der Waals surface area contributed by atoms with Gasteiger partial charge in [-0.05, 0) is 41.7 Å². The number of hydrogen-bond acceptors (Lipinski definition) is 3. The van der Waals surface area contributed by atoms with Gasteiger partial charge in [0.25, 0.3) is 0 Å². The first kappa shape index (κ1) is 17.4. The molecule has 1 aliphatic rings. The topological polar surface area (TPSA) is 32.7 Å². The Morgan fingerprint density at radius 1 is 1.21 bits per heavy atom. The minimum absolute atomic E-state index is 0.322. The lowest BCUT2D eigenvalue weighted by molar-refractivity contribution is 0.00776. The van der Waals surface area contributed by atoms with Crippen LogP contribution in [0.1, 0.15) is 22.3 Å². The molecule has 1 heterocycles. The van der Waals surface area contributed by atoms with Crippen molar-refractivity contribution in [3.05, 3.63) is 69.7 Å². The minimum atomic E-state index is -0.487. The molecule has 3 rings (SSSR count). The van der Waals surface area contributed by atoms with Gasteiger partial charge in [0.15, 0.2) is 0 Å². The van der Waals surface area contributed by atoms with Crippen LogP contribution in [0, 0.1) is 6.92 Å². The molecular weight excluding hydrogens is 322 g/mol. The number of aliphatic hydroxyl groups excluding tert-OH is 1. The van der Waals surface area contributed by atoms with Crippen molar-refractivity contribution in [3.8, 4) is 0 Å². The molecule has 3 nitrogen and oxygen atoms in total. The molecule has 0 bridgehead atoms. The number of nitrogens with zero attached hydrogens (tertiary/aromatic N) is 1. The molecule has 24 heavy (non-hydrogen) atoms. The van der Waals surface area contributed by atoms with E-state index in [0.717, 1.165) is 35.7 Å². The standard InChI is InChI=1S/C20H24ClNO2/c1-15-6-7-18(20(21)10-15)13-24-14-19(23)12-22-9-8-16-4-2-3-5-17(16)11-22/h2-7,10,19,23H,8-9,11-14H2,1H3. The van der Waals surface area contributed by atoms with Crippen molar-refractivity contribution in [1.82, 2.24) is 4.90 Å². The van der Waals surface area contributed by atoms with Gasteiger partial charge in [-0.15, -0.1) is 0 Å². The lowest BCUT2D eigenvalue weighted by Crippen LogP contribution is -2.38. The minimum Gasteiger partial charge on any atom is -0.389 e. The zero-order valence-corrected chi connectivity index (χ0v) is 14.8. The van der Waals surface area contributed by atoms with Crippen LogP contribution in [0.5, 0.6) is 0 Å². The summed E-state index contributed by atoms with van der Waals surface area (Å²) >= 11 is 6.20. The van der Waals surface area contributed by atoms with E-state index in [9.17, 15) is 5.11 Å². The van der Waals surface area contributed by atoms with Gasteiger partial charge in [0.1, 0.15) is 0 Å². The molecule has 1 N–H and O–H groups in total. The number of rotatable bonds is 6. The Hall–Kier alpha value is -1.39. The molecule has 4 heteroatoms. The number of aliphatic hydroxyl groups is 1. The van der Waals surface area contributed by atoms with Gasteiger partial charge in [-0.1, -0.05) is 48.0 Å². The van der Waals surface area contributed by atoms with Crippen LogP contribution in [-0.2, 0) is 24.3 Å². The predicted octanol–water partition coefficient (Wildman–Crippen LogP) is 3.58. The molecule has 1 atom stereocenters. The van der Waals surface area contributed by atoms with Gasteiger partial charge in [-0.2, -0.15) is 0 Å². The molecule has 128 valence electrons. The van der Waals surface area contributed by atoms with E-state index in [4.69, 9.17) is 16.3 Å². The van der Waals surface area contributed by atoms with Crippen molar-refractivity contribution in [2.45, 2.75) is 32.6 Å². The molecule has 0 aromatic heterocycles. The van der Waals surface area contributed by atoms with Crippen molar-refractivity contribution in [2.24, 2.45) is 0 Å². The van der Waals surface area contributed by atoms with Gasteiger partial charge in [0.2, 0.25) is 0 Å². The van der Waals surface area contributed by atoms with Gasteiger partial charge >= 0.3 is 0 Å². The van der Waals surface area contributed by atoms with Gasteiger partial charge in [-0.25, -0.2) is 0 Å². The third-order valence-corrected chi connectivity index (χ3v) is 4.81. The lowest BCUT2D eigenvalue weighted by Gasteiger charge is -2.30. The number of benzene rings is 2. The van der Waals surface area contributed by atoms with Crippen LogP contribution >= 0.6 is 11.6 Å². The molecule has 1 aliphatic heterocycles. The van der Waals surface area contributed by atoms with Crippen molar-refractivity contribution >= 4 is 11.6 Å². The highest BCUT2D eigenvalue weighted by Crippen LogP contribution is 2.20. The van der Waals surface area contributed by atoms with Gasteiger partial charge in [0.05, 0.1) is 19.3 Å². The van der Waals surface area contributed by atoms with Crippen LogP contribution in [-0.4, -0.2) is 35.8 Å². The molecular formula is C20H24ClNO2. The van der Waals surface area contributed by atoms with Crippen LogP contribution in [0.2, 0.25) is 5.02 Å². The normalized spacial score (nSPS) is 16.0. The number of aryl methyl sites for hydroxylation is 1. The number of halogens is 1. The van der Waals surface area contributed by atoms with Gasteiger partial charge < -0.3 is 9.84 Å². The van der Waals surface area contributed by atoms with Crippen LogP contribution in [0.15, 0.2) is 42.5 Å². The lowest BCUT2D eigenvalue weighted by atomic mass is 10.00. The summed E-state index contributed by atoms with van der Waals surface area (Å²) in [6, 6.07) is 14.5. The Balaban J connectivity index is 1.44. The number of hydrogen-bond donors (Lipinski definition) is 1. The molecule has 0 saturated heterocycles. The predicted molar refractivity (Wildman–Crippen MR) is 97.3 cm³/mol. The molecule has 1 unspecified atom stereocenters. The fraction of sp³-hybridized carbons (Fsp3) is 0.400. The second-order valence-corrected chi connectivity index (χ2v) is 6.92. The zero-order valence-electron chi connectivity index (χ0n) is 14.0. The quantitative estimate of drug-likeness (QED) is 0.868. The maximum atomic E-state index is 10.2. The summed E-state index contributed by atoms with van der Waals surface area (Å²) in [5, 5.41) is 11.0. The Morgan fingerprint density at radius 3 is 2.79 bits per heavy atom. The first-order valence-corrected chi connectivity index (χ1v) is 8.79. The SMILES string of the molecule is Cc1ccc(COCC(O)CN2CCc3ccccc3C2)c(Cl)c1. The third-order valence-electron chi connectivity index (χ3n) is 4.46. The molecule has 0 aliphatic carbocycles. The maximum Gasteiger partial charge on any atom is 0.0900 e. The highest BCUT2D eigenvalue weighted by Gasteiger charge is 2.18. The molecule has 0 spiro atoms. The van der Waals surface area contributed by atoms with E-state index in [0.29, 0.717) is 19.8 Å². The van der Waals surface area contributed by atoms with E-state index in [1.54, 1.807) is 0 Å². The number of β-amino-alcohol motifs (C(OH)–C–C–N with tert-alkyl or cyclic N) is 1. The fourth-order valence-corrected chi connectivity index (χ4v) is 3.42. The Labute approximate surface area is 148 Å². The zero-order chi connectivity index (χ0) is 16.9. The second kappa shape index (κ2) is 8.13. The van der Waals surface area contributed by atoms with E-state index >= 15 is 0 Å². The van der Waals surface area contributed by atoms with Crippen LogP contribution in [0.3, 0.4) is 0 Å². The van der Waals surface area contributed by atoms with Gasteiger partial charge in [-0.3, -0.25) is 4.90 Å². The Bertz CT molecular complexity index is 689. The van der Waals surface area contributed by atoms with E-state index in [2.05, 4.69) is 29.2 Å². The van der Waals surface area contributed by atoms with Crippen molar-refractivity contribution in [1.29, 1.82) is 0 Å². The summed E-state index contributed by atoms with van der Waals surface area (Å²) in [6.07, 6.45) is 0.558. The average molecular weight is 346 g/mol. The molecule has 0 radical (unpaired) electrons. The fourth-order valence-electron chi connectivity index (χ4n) is 3.14. The van der Waals surface area contributed by atoms with E-state index < -0.39 is 6.10 Å². The molecule has 0 amide bonds. The summed E-state index contributed by atoms with van der Waals surface area (Å²) in [7, 11) is 0. The summed E-state index contributed by atoms with van der Waals surface area (Å²) in [5.41, 5.74) is 4.88. The van der Waals surface area contributed by atoms with Gasteiger partial charge in [0, 0.05) is 24.7 Å². The molecule has 2 aromatic carbocycles. The Kier molecular flexibility index (Phi) is 5.90. The summed E-state index contributed by atoms with van der Waals surface area (Å²) in [4.78, 5) is 2.29. The molecule has 0 saturated carbocycles. The van der Waals surface area contributed by atoms with Crippen molar-refractivity contribution in [2.75, 3.05) is 19.7 Å². The summed E-state index contributed by atoms with van der Waals surface area (Å²) in [6.45, 7) is 5.28. The smallest absolute Gasteiger partial charge is 0.0900 e. The van der Waals surface area contributed by atoms with E-state index in [1.165, 1.54) is 11.1 Å². The summed E-state index contributed by atoms with van der Waals surface area (Å²) < 4.78 is 5.65. The largest absolute Gasteiger partial charge is 0.389 e. The van der Waals surface area contributed by atoms with Crippen molar-refractivity contribution < 1.29 is 9.84 Å². The van der Waals surface area contributed by atoms with Crippen molar-refractivity contribution in [3.63, 3.8) is 0 Å².